The van der Waals surface area contributed by atoms with Crippen molar-refractivity contribution in [3.63, 3.8) is 0 Å². The summed E-state index contributed by atoms with van der Waals surface area (Å²) in [5, 5.41) is 9.90. The molecule has 0 spiro atoms. The highest BCUT2D eigenvalue weighted by atomic mass is 19.4. The van der Waals surface area contributed by atoms with Crippen molar-refractivity contribution >= 4 is 11.6 Å². The van der Waals surface area contributed by atoms with E-state index in [0.717, 1.165) is 6.07 Å². The minimum Gasteiger partial charge on any atom is -0.497 e. The first-order chi connectivity index (χ1) is 17.8. The molecule has 2 aromatic carbocycles. The van der Waals surface area contributed by atoms with Crippen molar-refractivity contribution < 1.29 is 45.7 Å². The summed E-state index contributed by atoms with van der Waals surface area (Å²) in [5.74, 6) is 0.279. The number of aliphatic hydroxyl groups is 1. The molecule has 3 aromatic rings. The van der Waals surface area contributed by atoms with Crippen molar-refractivity contribution in [1.29, 1.82) is 0 Å². The summed E-state index contributed by atoms with van der Waals surface area (Å²) in [7, 11) is 1.47. The first-order valence-corrected chi connectivity index (χ1v) is 11.4. The maximum atomic E-state index is 13.5. The van der Waals surface area contributed by atoms with Crippen molar-refractivity contribution in [1.82, 2.24) is 4.98 Å². The number of benzene rings is 2. The van der Waals surface area contributed by atoms with Crippen LogP contribution in [0.1, 0.15) is 28.0 Å². The molecule has 202 valence electrons. The maximum absolute atomic E-state index is 13.5. The Hall–Kier alpha value is -3.80. The van der Waals surface area contributed by atoms with E-state index in [9.17, 15) is 36.2 Å². The van der Waals surface area contributed by atoms with Crippen LogP contribution in [0.3, 0.4) is 0 Å². The van der Waals surface area contributed by atoms with Gasteiger partial charge in [0.1, 0.15) is 23.3 Å². The number of carbonyl (C=O) groups excluding carboxylic acids is 1. The molecule has 1 unspecified atom stereocenters. The lowest BCUT2D eigenvalue weighted by Crippen LogP contribution is -2.54. The lowest BCUT2D eigenvalue weighted by Gasteiger charge is -2.33. The van der Waals surface area contributed by atoms with Crippen molar-refractivity contribution in [3.8, 4) is 11.5 Å². The molecule has 0 aliphatic carbocycles. The minimum absolute atomic E-state index is 0.00967. The number of hydrogen-bond acceptors (Lipinski definition) is 5. The monoisotopic (exact) mass is 540 g/mol. The summed E-state index contributed by atoms with van der Waals surface area (Å²) in [5.41, 5.74) is -6.36. The molecule has 0 saturated carbocycles. The average Bonchev–Trinajstić information content (AvgIpc) is 3.06. The van der Waals surface area contributed by atoms with Crippen LogP contribution in [0.2, 0.25) is 0 Å². The number of pyridine rings is 1. The SMILES string of the molecule is COc1cccc(OC2CCc3cc(C(O)(C(F)(F)F)C(F)(F)F)ccc3N(C(=O)c3ccccn3)C2)c1. The van der Waals surface area contributed by atoms with Gasteiger partial charge in [0.05, 0.1) is 13.7 Å². The molecule has 1 aromatic heterocycles. The Morgan fingerprint density at radius 1 is 0.974 bits per heavy atom. The lowest BCUT2D eigenvalue weighted by atomic mass is 9.89. The van der Waals surface area contributed by atoms with Gasteiger partial charge in [-0.3, -0.25) is 9.78 Å². The Morgan fingerprint density at radius 2 is 1.68 bits per heavy atom. The molecule has 0 bridgehead atoms. The fourth-order valence-corrected chi connectivity index (χ4v) is 4.25. The molecule has 1 amide bonds. The van der Waals surface area contributed by atoms with E-state index in [-0.39, 0.29) is 36.3 Å². The number of methoxy groups -OCH3 is 1. The predicted molar refractivity (Wildman–Crippen MR) is 124 cm³/mol. The summed E-state index contributed by atoms with van der Waals surface area (Å²) in [6.45, 7) is -0.0677. The van der Waals surface area contributed by atoms with Crippen LogP contribution in [0, 0.1) is 0 Å². The van der Waals surface area contributed by atoms with E-state index in [1.807, 2.05) is 0 Å². The van der Waals surface area contributed by atoms with Gasteiger partial charge in [-0.25, -0.2) is 0 Å². The largest absolute Gasteiger partial charge is 0.497 e. The van der Waals surface area contributed by atoms with Gasteiger partial charge < -0.3 is 19.5 Å². The number of aryl methyl sites for hydroxylation is 1. The maximum Gasteiger partial charge on any atom is 0.430 e. The Balaban J connectivity index is 1.77. The Labute approximate surface area is 213 Å². The molecular weight excluding hydrogens is 518 g/mol. The molecule has 0 saturated heterocycles. The molecule has 6 nitrogen and oxygen atoms in total. The zero-order chi connectivity index (χ0) is 27.7. The van der Waals surface area contributed by atoms with Gasteiger partial charge in [0, 0.05) is 23.5 Å². The third kappa shape index (κ3) is 5.13. The van der Waals surface area contributed by atoms with Crippen molar-refractivity contribution in [2.24, 2.45) is 0 Å². The number of aromatic nitrogens is 1. The normalized spacial score (nSPS) is 16.4. The van der Waals surface area contributed by atoms with Crippen molar-refractivity contribution in [2.45, 2.75) is 36.9 Å². The molecule has 4 rings (SSSR count). The number of nitrogens with zero attached hydrogens (tertiary/aromatic N) is 2. The summed E-state index contributed by atoms with van der Waals surface area (Å²) >= 11 is 0. The summed E-state index contributed by atoms with van der Waals surface area (Å²) in [6, 6.07) is 13.4. The molecular formula is C26H22F6N2O4. The molecule has 12 heteroatoms. The highest BCUT2D eigenvalue weighted by molar-refractivity contribution is 6.05. The fraction of sp³-hybridized carbons (Fsp3) is 0.308. The third-order valence-electron chi connectivity index (χ3n) is 6.20. The number of halogens is 6. The molecule has 0 fully saturated rings. The van der Waals surface area contributed by atoms with Crippen molar-refractivity contribution in [2.75, 3.05) is 18.6 Å². The smallest absolute Gasteiger partial charge is 0.430 e. The number of ether oxygens (including phenoxy) is 2. The number of hydrogen-bond donors (Lipinski definition) is 1. The zero-order valence-electron chi connectivity index (χ0n) is 19.9. The van der Waals surface area contributed by atoms with E-state index in [0.29, 0.717) is 23.6 Å². The van der Waals surface area contributed by atoms with Gasteiger partial charge >= 0.3 is 12.4 Å². The molecule has 1 aliphatic rings. The second-order valence-electron chi connectivity index (χ2n) is 8.64. The Bertz CT molecular complexity index is 1280. The summed E-state index contributed by atoms with van der Waals surface area (Å²) in [6.07, 6.45) is -11.3. The van der Waals surface area contributed by atoms with E-state index in [1.54, 1.807) is 36.4 Å². The topological polar surface area (TPSA) is 71.9 Å². The van der Waals surface area contributed by atoms with Gasteiger partial charge in [-0.1, -0.05) is 24.3 Å². The van der Waals surface area contributed by atoms with Crippen LogP contribution in [-0.4, -0.2) is 48.1 Å². The summed E-state index contributed by atoms with van der Waals surface area (Å²) < 4.78 is 92.3. The van der Waals surface area contributed by atoms with Gasteiger partial charge in [-0.2, -0.15) is 26.3 Å². The first kappa shape index (κ1) is 27.2. The average molecular weight is 540 g/mol. The van der Waals surface area contributed by atoms with Gasteiger partial charge in [-0.15, -0.1) is 0 Å². The third-order valence-corrected chi connectivity index (χ3v) is 6.20. The van der Waals surface area contributed by atoms with Gasteiger partial charge in [0.2, 0.25) is 0 Å². The van der Waals surface area contributed by atoms with Crippen LogP contribution in [0.25, 0.3) is 0 Å². The van der Waals surface area contributed by atoms with Gasteiger partial charge in [-0.05, 0) is 48.7 Å². The predicted octanol–water partition coefficient (Wildman–Crippen LogP) is 5.44. The van der Waals surface area contributed by atoms with E-state index >= 15 is 0 Å². The number of fused-ring (bicyclic) bond motifs is 1. The molecule has 1 N–H and O–H groups in total. The molecule has 1 atom stereocenters. The number of anilines is 1. The Kier molecular flexibility index (Phi) is 7.29. The summed E-state index contributed by atoms with van der Waals surface area (Å²) in [4.78, 5) is 18.6. The minimum atomic E-state index is -6.04. The van der Waals surface area contributed by atoms with Gasteiger partial charge in [0.25, 0.3) is 11.5 Å². The van der Waals surface area contributed by atoms with Crippen LogP contribution < -0.4 is 14.4 Å². The zero-order valence-corrected chi connectivity index (χ0v) is 19.9. The molecule has 1 aliphatic heterocycles. The fourth-order valence-electron chi connectivity index (χ4n) is 4.25. The number of amides is 1. The van der Waals surface area contributed by atoms with E-state index in [1.165, 1.54) is 24.3 Å². The second kappa shape index (κ2) is 10.2. The Morgan fingerprint density at radius 3 is 2.32 bits per heavy atom. The van der Waals surface area contributed by atoms with Crippen LogP contribution in [0.4, 0.5) is 32.0 Å². The highest BCUT2D eigenvalue weighted by Crippen LogP contribution is 2.50. The van der Waals surface area contributed by atoms with Crippen LogP contribution in [-0.2, 0) is 12.0 Å². The highest BCUT2D eigenvalue weighted by Gasteiger charge is 2.71. The lowest BCUT2D eigenvalue weighted by molar-refractivity contribution is -0.376. The van der Waals surface area contributed by atoms with Crippen molar-refractivity contribution in [3.05, 3.63) is 83.7 Å². The standard InChI is InChI=1S/C26H22F6N2O4/c1-37-18-5-4-6-19(14-18)38-20-10-8-16-13-17(24(36,25(27,28)29)26(30,31)32)9-11-22(16)34(15-20)23(35)21-7-2-3-12-33-21/h2-7,9,11-14,20,36H,8,10,15H2,1H3. The van der Waals surface area contributed by atoms with Crippen LogP contribution in [0.5, 0.6) is 11.5 Å². The quantitative estimate of drug-likeness (QED) is 0.437. The van der Waals surface area contributed by atoms with E-state index in [2.05, 4.69) is 4.98 Å². The molecule has 0 radical (unpaired) electrons. The number of carbonyl (C=O) groups is 1. The number of rotatable bonds is 5. The molecule has 38 heavy (non-hydrogen) atoms. The molecule has 2 heterocycles. The van der Waals surface area contributed by atoms with E-state index < -0.39 is 35.5 Å². The van der Waals surface area contributed by atoms with Crippen LogP contribution >= 0.6 is 0 Å². The van der Waals surface area contributed by atoms with E-state index in [4.69, 9.17) is 9.47 Å². The van der Waals surface area contributed by atoms with Crippen LogP contribution in [0.15, 0.2) is 66.9 Å². The van der Waals surface area contributed by atoms with Gasteiger partial charge in [0.15, 0.2) is 0 Å². The number of alkyl halides is 6. The first-order valence-electron chi connectivity index (χ1n) is 11.4. The second-order valence-corrected chi connectivity index (χ2v) is 8.64.